The molecule has 0 heterocycles. The van der Waals surface area contributed by atoms with Crippen molar-refractivity contribution in [1.29, 1.82) is 0 Å². The van der Waals surface area contributed by atoms with E-state index < -0.39 is 18.3 Å². The lowest BCUT2D eigenvalue weighted by molar-refractivity contribution is 0.103. The van der Waals surface area contributed by atoms with Crippen molar-refractivity contribution >= 4 is 23.6 Å². The van der Waals surface area contributed by atoms with Gasteiger partial charge in [-0.15, -0.1) is 0 Å². The number of phenolic OH excluding ortho intramolecular Hbond substituents is 1. The Bertz CT molecular complexity index is 545. The van der Waals surface area contributed by atoms with Crippen LogP contribution in [0, 0.1) is 0 Å². The smallest absolute Gasteiger partial charge is 0.433 e. The first-order valence-electron chi connectivity index (χ1n) is 6.77. The molecule has 0 aromatic heterocycles. The summed E-state index contributed by atoms with van der Waals surface area (Å²) in [6, 6.07) is 3.96. The second kappa shape index (κ2) is 7.39. The first kappa shape index (κ1) is 17.4. The molecule has 2 amide bonds. The van der Waals surface area contributed by atoms with Gasteiger partial charge in [0.1, 0.15) is 5.75 Å². The lowest BCUT2D eigenvalue weighted by atomic mass is 10.2. The van der Waals surface area contributed by atoms with E-state index in [9.17, 15) is 14.7 Å². The van der Waals surface area contributed by atoms with Crippen LogP contribution in [0.1, 0.15) is 27.7 Å². The Morgan fingerprint density at radius 2 is 1.77 bits per heavy atom. The van der Waals surface area contributed by atoms with Gasteiger partial charge in [-0.1, -0.05) is 0 Å². The number of aromatic hydroxyl groups is 1. The van der Waals surface area contributed by atoms with Gasteiger partial charge in [-0.2, -0.15) is 5.01 Å². The van der Waals surface area contributed by atoms with Gasteiger partial charge >= 0.3 is 12.2 Å². The maximum Gasteiger partial charge on any atom is 0.433 e. The molecule has 0 saturated heterocycles. The van der Waals surface area contributed by atoms with E-state index in [2.05, 4.69) is 5.43 Å². The summed E-state index contributed by atoms with van der Waals surface area (Å²) in [6.07, 6.45) is -2.41. The number of amides is 2. The number of carbonyl (C=O) groups excluding carboxylic acids is 2. The molecule has 0 bridgehead atoms. The van der Waals surface area contributed by atoms with Gasteiger partial charge in [0.2, 0.25) is 0 Å². The molecule has 0 spiro atoms. The van der Waals surface area contributed by atoms with Crippen LogP contribution in [0.15, 0.2) is 18.2 Å². The molecule has 1 aromatic rings. The molecule has 122 valence electrons. The Morgan fingerprint density at radius 1 is 1.18 bits per heavy atom. The summed E-state index contributed by atoms with van der Waals surface area (Å²) in [4.78, 5) is 23.9. The largest absolute Gasteiger partial charge is 0.508 e. The monoisotopic (exact) mass is 311 g/mol. The third kappa shape index (κ3) is 5.04. The molecule has 22 heavy (non-hydrogen) atoms. The van der Waals surface area contributed by atoms with E-state index in [-0.39, 0.29) is 23.2 Å². The quantitative estimate of drug-likeness (QED) is 0.583. The fourth-order valence-electron chi connectivity index (χ4n) is 1.54. The number of nitrogens with one attached hydrogen (secondary N) is 1. The number of nitrogens with two attached hydrogens (primary N) is 1. The van der Waals surface area contributed by atoms with Gasteiger partial charge in [0.25, 0.3) is 0 Å². The number of hydrazine groups is 1. The van der Waals surface area contributed by atoms with Crippen LogP contribution in [0.25, 0.3) is 0 Å². The fourth-order valence-corrected chi connectivity index (χ4v) is 1.54. The van der Waals surface area contributed by atoms with Gasteiger partial charge in [-0.3, -0.25) is 0 Å². The van der Waals surface area contributed by atoms with Crippen molar-refractivity contribution in [3.8, 4) is 5.75 Å². The molecule has 0 saturated carbocycles. The standard InChI is InChI=1S/C14H21N3O5/c1-8(2)21-13(19)16-17(14(20)22-9(3)4)12-6-5-10(18)7-11(12)15/h5-9,18H,15H2,1-4H3,(H,16,19). The summed E-state index contributed by atoms with van der Waals surface area (Å²) in [6.45, 7) is 6.68. The second-order valence-corrected chi connectivity index (χ2v) is 5.08. The number of anilines is 2. The third-order valence-corrected chi connectivity index (χ3v) is 2.32. The fraction of sp³-hybridized carbons (Fsp3) is 0.429. The predicted molar refractivity (Wildman–Crippen MR) is 81.4 cm³/mol. The van der Waals surface area contributed by atoms with Gasteiger partial charge in [0, 0.05) is 6.07 Å². The number of nitrogens with zero attached hydrogens (tertiary/aromatic N) is 1. The van der Waals surface area contributed by atoms with E-state index in [1.807, 2.05) is 0 Å². The average Bonchev–Trinajstić information content (AvgIpc) is 2.34. The Kier molecular flexibility index (Phi) is 5.85. The molecular weight excluding hydrogens is 290 g/mol. The Balaban J connectivity index is 3.05. The molecule has 0 atom stereocenters. The molecular formula is C14H21N3O5. The van der Waals surface area contributed by atoms with E-state index >= 15 is 0 Å². The van der Waals surface area contributed by atoms with Crippen molar-refractivity contribution in [1.82, 2.24) is 5.43 Å². The summed E-state index contributed by atoms with van der Waals surface area (Å²) in [7, 11) is 0. The van der Waals surface area contributed by atoms with Crippen molar-refractivity contribution in [3.05, 3.63) is 18.2 Å². The minimum atomic E-state index is -0.830. The Hall–Kier alpha value is -2.64. The minimum absolute atomic E-state index is 0.0665. The Morgan fingerprint density at radius 3 is 2.27 bits per heavy atom. The van der Waals surface area contributed by atoms with Gasteiger partial charge in [0.15, 0.2) is 0 Å². The zero-order chi connectivity index (χ0) is 16.9. The molecule has 8 heteroatoms. The van der Waals surface area contributed by atoms with Crippen LogP contribution >= 0.6 is 0 Å². The van der Waals surface area contributed by atoms with E-state index in [0.29, 0.717) is 0 Å². The van der Waals surface area contributed by atoms with Gasteiger partial charge in [-0.25, -0.2) is 15.0 Å². The number of benzene rings is 1. The minimum Gasteiger partial charge on any atom is -0.508 e. The predicted octanol–water partition coefficient (Wildman–Crippen LogP) is 2.38. The summed E-state index contributed by atoms with van der Waals surface area (Å²) in [5.41, 5.74) is 8.28. The van der Waals surface area contributed by atoms with Crippen molar-refractivity contribution in [2.24, 2.45) is 0 Å². The second-order valence-electron chi connectivity index (χ2n) is 5.08. The lowest BCUT2D eigenvalue weighted by Crippen LogP contribution is -2.48. The van der Waals surface area contributed by atoms with Crippen molar-refractivity contribution in [2.75, 3.05) is 10.7 Å². The highest BCUT2D eigenvalue weighted by Crippen LogP contribution is 2.26. The number of nitrogen functional groups attached to an aromatic ring is 1. The summed E-state index contributed by atoms with van der Waals surface area (Å²) < 4.78 is 9.99. The molecule has 0 aliphatic heterocycles. The highest BCUT2D eigenvalue weighted by Gasteiger charge is 2.24. The number of phenols is 1. The summed E-state index contributed by atoms with van der Waals surface area (Å²) in [5, 5.41) is 10.2. The van der Waals surface area contributed by atoms with Crippen LogP contribution in [0.3, 0.4) is 0 Å². The highest BCUT2D eigenvalue weighted by molar-refractivity contribution is 5.94. The van der Waals surface area contributed by atoms with Crippen molar-refractivity contribution < 1.29 is 24.2 Å². The van der Waals surface area contributed by atoms with Crippen LogP contribution in [-0.4, -0.2) is 29.5 Å². The van der Waals surface area contributed by atoms with Gasteiger partial charge in [-0.05, 0) is 39.8 Å². The molecule has 0 fully saturated rings. The van der Waals surface area contributed by atoms with Gasteiger partial charge < -0.3 is 20.3 Å². The molecule has 8 nitrogen and oxygen atoms in total. The Labute approximate surface area is 128 Å². The van der Waals surface area contributed by atoms with E-state index in [1.54, 1.807) is 27.7 Å². The van der Waals surface area contributed by atoms with Crippen LogP contribution in [0.2, 0.25) is 0 Å². The molecule has 0 unspecified atom stereocenters. The molecule has 0 radical (unpaired) electrons. The SMILES string of the molecule is CC(C)OC(=O)NN(C(=O)OC(C)C)c1ccc(O)cc1N. The molecule has 1 rings (SSSR count). The van der Waals surface area contributed by atoms with Gasteiger partial charge in [0.05, 0.1) is 23.6 Å². The number of rotatable bonds is 3. The number of hydrogen-bond donors (Lipinski definition) is 3. The number of hydrogen-bond acceptors (Lipinski definition) is 6. The normalized spacial score (nSPS) is 10.5. The van der Waals surface area contributed by atoms with Crippen molar-refractivity contribution in [2.45, 2.75) is 39.9 Å². The van der Waals surface area contributed by atoms with E-state index in [4.69, 9.17) is 15.2 Å². The molecule has 1 aromatic carbocycles. The maximum absolute atomic E-state index is 12.1. The first-order chi connectivity index (χ1) is 10.2. The topological polar surface area (TPSA) is 114 Å². The lowest BCUT2D eigenvalue weighted by Gasteiger charge is -2.25. The number of ether oxygens (including phenoxy) is 2. The van der Waals surface area contributed by atoms with Crippen LogP contribution in [0.5, 0.6) is 5.75 Å². The van der Waals surface area contributed by atoms with Crippen LogP contribution < -0.4 is 16.2 Å². The zero-order valence-electron chi connectivity index (χ0n) is 13.0. The van der Waals surface area contributed by atoms with E-state index in [0.717, 1.165) is 5.01 Å². The van der Waals surface area contributed by atoms with Crippen LogP contribution in [0.4, 0.5) is 21.0 Å². The third-order valence-electron chi connectivity index (χ3n) is 2.32. The summed E-state index contributed by atoms with van der Waals surface area (Å²) in [5.74, 6) is -0.0665. The first-order valence-corrected chi connectivity index (χ1v) is 6.77. The summed E-state index contributed by atoms with van der Waals surface area (Å²) >= 11 is 0. The highest BCUT2D eigenvalue weighted by atomic mass is 16.6. The molecule has 0 aliphatic carbocycles. The average molecular weight is 311 g/mol. The van der Waals surface area contributed by atoms with E-state index in [1.165, 1.54) is 18.2 Å². The molecule has 4 N–H and O–H groups in total. The number of carbonyl (C=O) groups is 2. The molecule has 0 aliphatic rings. The maximum atomic E-state index is 12.1. The zero-order valence-corrected chi connectivity index (χ0v) is 13.0. The van der Waals surface area contributed by atoms with Crippen LogP contribution in [-0.2, 0) is 9.47 Å². The van der Waals surface area contributed by atoms with Crippen molar-refractivity contribution in [3.63, 3.8) is 0 Å².